The summed E-state index contributed by atoms with van der Waals surface area (Å²) in [4.78, 5) is 18.9. The third-order valence-electron chi connectivity index (χ3n) is 1.18. The summed E-state index contributed by atoms with van der Waals surface area (Å²) in [5, 5.41) is -0.0440. The smallest absolute Gasteiger partial charge is 0.239 e. The molecule has 0 aliphatic rings. The van der Waals surface area contributed by atoms with E-state index in [1.165, 1.54) is 6.20 Å². The SMILES string of the molecule is CSC(=O)c1cnc(C)cn1. The van der Waals surface area contributed by atoms with Crippen LogP contribution >= 0.6 is 11.8 Å². The molecular weight excluding hydrogens is 160 g/mol. The molecule has 0 unspecified atom stereocenters. The van der Waals surface area contributed by atoms with E-state index in [0.717, 1.165) is 17.5 Å². The first-order chi connectivity index (χ1) is 5.24. The van der Waals surface area contributed by atoms with Crippen LogP contribution in [0, 0.1) is 6.92 Å². The van der Waals surface area contributed by atoms with E-state index in [-0.39, 0.29) is 5.12 Å². The Kier molecular flexibility index (Phi) is 2.59. The number of hydrogen-bond acceptors (Lipinski definition) is 4. The van der Waals surface area contributed by atoms with Crippen LogP contribution in [0.25, 0.3) is 0 Å². The minimum atomic E-state index is -0.0440. The summed E-state index contributed by atoms with van der Waals surface area (Å²) in [6, 6.07) is 0. The van der Waals surface area contributed by atoms with Crippen molar-refractivity contribution in [2.75, 3.05) is 6.26 Å². The van der Waals surface area contributed by atoms with Crippen molar-refractivity contribution in [3.05, 3.63) is 23.8 Å². The second-order valence-corrected chi connectivity index (χ2v) is 2.81. The Labute approximate surface area is 69.3 Å². The van der Waals surface area contributed by atoms with Gasteiger partial charge >= 0.3 is 0 Å². The Hall–Kier alpha value is -0.900. The predicted molar refractivity (Wildman–Crippen MR) is 44.6 cm³/mol. The van der Waals surface area contributed by atoms with Crippen LogP contribution in [-0.2, 0) is 0 Å². The highest BCUT2D eigenvalue weighted by atomic mass is 32.2. The summed E-state index contributed by atoms with van der Waals surface area (Å²) in [7, 11) is 0. The van der Waals surface area contributed by atoms with Crippen LogP contribution in [-0.4, -0.2) is 21.3 Å². The lowest BCUT2D eigenvalue weighted by Gasteiger charge is -1.94. The molecule has 3 nitrogen and oxygen atoms in total. The quantitative estimate of drug-likeness (QED) is 0.633. The van der Waals surface area contributed by atoms with Crippen molar-refractivity contribution < 1.29 is 4.79 Å². The zero-order valence-electron chi connectivity index (χ0n) is 6.37. The van der Waals surface area contributed by atoms with Gasteiger partial charge in [0.05, 0.1) is 11.9 Å². The van der Waals surface area contributed by atoms with Gasteiger partial charge in [-0.05, 0) is 13.2 Å². The minimum Gasteiger partial charge on any atom is -0.280 e. The van der Waals surface area contributed by atoms with E-state index in [1.807, 2.05) is 6.92 Å². The lowest BCUT2D eigenvalue weighted by Crippen LogP contribution is -1.97. The highest BCUT2D eigenvalue weighted by Gasteiger charge is 2.03. The van der Waals surface area contributed by atoms with E-state index in [4.69, 9.17) is 0 Å². The second-order valence-electron chi connectivity index (χ2n) is 2.03. The molecule has 1 heterocycles. The van der Waals surface area contributed by atoms with Crippen LogP contribution in [0.3, 0.4) is 0 Å². The summed E-state index contributed by atoms with van der Waals surface area (Å²) in [6.07, 6.45) is 4.81. The van der Waals surface area contributed by atoms with Crippen LogP contribution in [0.2, 0.25) is 0 Å². The molecule has 0 saturated heterocycles. The highest BCUT2D eigenvalue weighted by Crippen LogP contribution is 2.04. The van der Waals surface area contributed by atoms with Gasteiger partial charge in [0.25, 0.3) is 0 Å². The first kappa shape index (κ1) is 8.20. The molecule has 0 aromatic carbocycles. The number of aryl methyl sites for hydroxylation is 1. The lowest BCUT2D eigenvalue weighted by atomic mass is 10.4. The van der Waals surface area contributed by atoms with Crippen LogP contribution < -0.4 is 0 Å². The summed E-state index contributed by atoms with van der Waals surface area (Å²) < 4.78 is 0. The lowest BCUT2D eigenvalue weighted by molar-refractivity contribution is 0.108. The van der Waals surface area contributed by atoms with Crippen molar-refractivity contribution in [1.29, 1.82) is 0 Å². The topological polar surface area (TPSA) is 42.9 Å². The average Bonchev–Trinajstić information content (AvgIpc) is 2.05. The Balaban J connectivity index is 2.90. The van der Waals surface area contributed by atoms with Crippen LogP contribution in [0.1, 0.15) is 16.2 Å². The minimum absolute atomic E-state index is 0.0440. The number of thioether (sulfide) groups is 1. The standard InChI is InChI=1S/C7H8N2OS/c1-5-3-9-6(4-8-5)7(10)11-2/h3-4H,1-2H3. The molecule has 0 bridgehead atoms. The Bertz CT molecular complexity index is 258. The van der Waals surface area contributed by atoms with Crippen molar-refractivity contribution in [3.8, 4) is 0 Å². The number of rotatable bonds is 1. The van der Waals surface area contributed by atoms with Gasteiger partial charge in [-0.2, -0.15) is 0 Å². The van der Waals surface area contributed by atoms with E-state index >= 15 is 0 Å². The fraction of sp³-hybridized carbons (Fsp3) is 0.286. The van der Waals surface area contributed by atoms with Crippen molar-refractivity contribution in [2.45, 2.75) is 6.92 Å². The molecule has 0 N–H and O–H groups in total. The maximum Gasteiger partial charge on any atom is 0.239 e. The molecule has 0 amide bonds. The van der Waals surface area contributed by atoms with Gasteiger partial charge in [0.1, 0.15) is 5.69 Å². The Morgan fingerprint density at radius 2 is 2.18 bits per heavy atom. The fourth-order valence-corrected chi connectivity index (χ4v) is 0.917. The van der Waals surface area contributed by atoms with Gasteiger partial charge in [-0.1, -0.05) is 11.8 Å². The molecule has 1 aromatic rings. The molecule has 0 aliphatic heterocycles. The first-order valence-electron chi connectivity index (χ1n) is 3.11. The van der Waals surface area contributed by atoms with Crippen LogP contribution in [0.5, 0.6) is 0 Å². The van der Waals surface area contributed by atoms with Gasteiger partial charge in [-0.3, -0.25) is 9.78 Å². The number of hydrogen-bond donors (Lipinski definition) is 0. The number of carbonyl (C=O) groups is 1. The van der Waals surface area contributed by atoms with E-state index < -0.39 is 0 Å². The zero-order valence-corrected chi connectivity index (χ0v) is 7.18. The second kappa shape index (κ2) is 3.48. The fourth-order valence-electron chi connectivity index (χ4n) is 0.603. The average molecular weight is 168 g/mol. The number of aromatic nitrogens is 2. The van der Waals surface area contributed by atoms with E-state index in [9.17, 15) is 4.79 Å². The van der Waals surface area contributed by atoms with Gasteiger partial charge in [-0.25, -0.2) is 4.98 Å². The molecule has 0 saturated carbocycles. The third kappa shape index (κ3) is 2.01. The Morgan fingerprint density at radius 3 is 2.64 bits per heavy atom. The predicted octanol–water partition coefficient (Wildman–Crippen LogP) is 1.29. The molecule has 58 valence electrons. The summed E-state index contributed by atoms with van der Waals surface area (Å²) >= 11 is 1.14. The van der Waals surface area contributed by atoms with Gasteiger partial charge in [0, 0.05) is 6.20 Å². The first-order valence-corrected chi connectivity index (χ1v) is 4.33. The largest absolute Gasteiger partial charge is 0.280 e. The molecule has 4 heteroatoms. The van der Waals surface area contributed by atoms with Crippen molar-refractivity contribution >= 4 is 16.9 Å². The number of nitrogens with zero attached hydrogens (tertiary/aromatic N) is 2. The van der Waals surface area contributed by atoms with E-state index in [1.54, 1.807) is 12.5 Å². The molecule has 1 rings (SSSR count). The van der Waals surface area contributed by atoms with Crippen molar-refractivity contribution in [2.24, 2.45) is 0 Å². The zero-order chi connectivity index (χ0) is 8.27. The molecule has 11 heavy (non-hydrogen) atoms. The molecule has 0 fully saturated rings. The summed E-state index contributed by atoms with van der Waals surface area (Å²) in [6.45, 7) is 1.83. The molecule has 0 aliphatic carbocycles. The molecular formula is C7H8N2OS. The van der Waals surface area contributed by atoms with Gasteiger partial charge in [0.15, 0.2) is 0 Å². The molecule has 0 atom stereocenters. The summed E-state index contributed by atoms with van der Waals surface area (Å²) in [5.41, 5.74) is 1.24. The van der Waals surface area contributed by atoms with Gasteiger partial charge in [0.2, 0.25) is 5.12 Å². The van der Waals surface area contributed by atoms with Crippen molar-refractivity contribution in [1.82, 2.24) is 9.97 Å². The van der Waals surface area contributed by atoms with E-state index in [0.29, 0.717) is 5.69 Å². The van der Waals surface area contributed by atoms with E-state index in [2.05, 4.69) is 9.97 Å². The maximum absolute atomic E-state index is 11.0. The molecule has 0 radical (unpaired) electrons. The van der Waals surface area contributed by atoms with Gasteiger partial charge in [-0.15, -0.1) is 0 Å². The van der Waals surface area contributed by atoms with Crippen LogP contribution in [0.4, 0.5) is 0 Å². The van der Waals surface area contributed by atoms with Crippen molar-refractivity contribution in [3.63, 3.8) is 0 Å². The monoisotopic (exact) mass is 168 g/mol. The van der Waals surface area contributed by atoms with Crippen LogP contribution in [0.15, 0.2) is 12.4 Å². The third-order valence-corrected chi connectivity index (χ3v) is 1.76. The highest BCUT2D eigenvalue weighted by molar-refractivity contribution is 8.13. The Morgan fingerprint density at radius 1 is 1.45 bits per heavy atom. The summed E-state index contributed by atoms with van der Waals surface area (Å²) in [5.74, 6) is 0. The maximum atomic E-state index is 11.0. The van der Waals surface area contributed by atoms with Gasteiger partial charge < -0.3 is 0 Å². The number of carbonyl (C=O) groups excluding carboxylic acids is 1. The molecule has 1 aromatic heterocycles. The normalized spacial score (nSPS) is 9.64. The molecule has 0 spiro atoms.